The van der Waals surface area contributed by atoms with Gasteiger partial charge in [-0.25, -0.2) is 4.39 Å². The van der Waals surface area contributed by atoms with Crippen LogP contribution in [0, 0.1) is 11.7 Å². The molecule has 2 amide bonds. The van der Waals surface area contributed by atoms with Crippen molar-refractivity contribution < 1.29 is 14.0 Å². The van der Waals surface area contributed by atoms with E-state index in [0.29, 0.717) is 18.7 Å². The molecule has 1 saturated carbocycles. The molecule has 0 radical (unpaired) electrons. The van der Waals surface area contributed by atoms with Gasteiger partial charge < -0.3 is 15.1 Å². The predicted molar refractivity (Wildman–Crippen MR) is 123 cm³/mol. The maximum atomic E-state index is 13.7. The van der Waals surface area contributed by atoms with Gasteiger partial charge in [-0.15, -0.1) is 0 Å². The molecule has 0 spiro atoms. The fourth-order valence-corrected chi connectivity index (χ4v) is 4.19. The van der Waals surface area contributed by atoms with Gasteiger partial charge in [0.2, 0.25) is 5.91 Å². The first-order chi connectivity index (χ1) is 14.9. The largest absolute Gasteiger partial charge is 0.377 e. The van der Waals surface area contributed by atoms with Gasteiger partial charge in [0, 0.05) is 50.0 Å². The normalized spacial score (nSPS) is 13.8. The van der Waals surface area contributed by atoms with Crippen molar-refractivity contribution in [1.29, 1.82) is 0 Å². The molecule has 2 aromatic carbocycles. The Hall–Kier alpha value is -2.89. The number of nitrogens with zero attached hydrogens (tertiary/aromatic N) is 2. The van der Waals surface area contributed by atoms with Crippen molar-refractivity contribution in [1.82, 2.24) is 4.90 Å². The lowest BCUT2D eigenvalue weighted by molar-refractivity contribution is -0.119. The van der Waals surface area contributed by atoms with E-state index in [-0.39, 0.29) is 17.7 Å². The van der Waals surface area contributed by atoms with Crippen molar-refractivity contribution in [3.05, 3.63) is 59.4 Å². The van der Waals surface area contributed by atoms with Crippen molar-refractivity contribution in [2.75, 3.05) is 30.9 Å². The molecule has 0 aromatic heterocycles. The van der Waals surface area contributed by atoms with Crippen molar-refractivity contribution in [2.24, 2.45) is 5.92 Å². The van der Waals surface area contributed by atoms with Crippen LogP contribution in [0.2, 0.25) is 0 Å². The molecular formula is C25H32FN3O2. The van der Waals surface area contributed by atoms with Crippen LogP contribution in [0.1, 0.15) is 54.9 Å². The van der Waals surface area contributed by atoms with E-state index in [1.165, 1.54) is 12.1 Å². The number of hydrogen-bond donors (Lipinski definition) is 1. The molecule has 3 rings (SSSR count). The summed E-state index contributed by atoms with van der Waals surface area (Å²) in [4.78, 5) is 29.4. The molecule has 31 heavy (non-hydrogen) atoms. The van der Waals surface area contributed by atoms with Crippen molar-refractivity contribution in [3.8, 4) is 0 Å². The number of rotatable bonds is 8. The third-order valence-corrected chi connectivity index (χ3v) is 5.77. The highest BCUT2D eigenvalue weighted by Gasteiger charge is 2.23. The number of benzene rings is 2. The first-order valence-electron chi connectivity index (χ1n) is 11.0. The molecule has 0 aliphatic heterocycles. The summed E-state index contributed by atoms with van der Waals surface area (Å²) >= 11 is 0. The lowest BCUT2D eigenvalue weighted by Crippen LogP contribution is -2.32. The number of anilines is 2. The molecule has 1 aliphatic carbocycles. The standard InChI is InChI=1S/C25H32FN3O2/c1-4-14-29(25(31)19-10-7-11-21(26)15-19)17-20-16-22(12-13-23(20)28(2)3)27-24(30)18-8-5-6-9-18/h7,10-13,15-16,18H,4-6,8-9,14,17H2,1-3H3,(H,27,30). The number of hydrogen-bond acceptors (Lipinski definition) is 3. The first kappa shape index (κ1) is 22.8. The van der Waals surface area contributed by atoms with Gasteiger partial charge in [0.25, 0.3) is 5.91 Å². The van der Waals surface area contributed by atoms with E-state index < -0.39 is 5.82 Å². The Bertz CT molecular complexity index is 923. The molecular weight excluding hydrogens is 393 g/mol. The van der Waals surface area contributed by atoms with Gasteiger partial charge in [0.05, 0.1) is 0 Å². The second-order valence-corrected chi connectivity index (χ2v) is 8.45. The zero-order valence-electron chi connectivity index (χ0n) is 18.7. The minimum absolute atomic E-state index is 0.0716. The summed E-state index contributed by atoms with van der Waals surface area (Å²) < 4.78 is 13.7. The minimum atomic E-state index is -0.423. The van der Waals surface area contributed by atoms with Crippen LogP contribution in [0.25, 0.3) is 0 Å². The zero-order valence-corrected chi connectivity index (χ0v) is 18.7. The van der Waals surface area contributed by atoms with E-state index in [1.54, 1.807) is 17.0 Å². The maximum absolute atomic E-state index is 13.7. The summed E-state index contributed by atoms with van der Waals surface area (Å²) in [5.41, 5.74) is 3.00. The minimum Gasteiger partial charge on any atom is -0.377 e. The Morgan fingerprint density at radius 1 is 1.10 bits per heavy atom. The van der Waals surface area contributed by atoms with Crippen LogP contribution in [0.4, 0.5) is 15.8 Å². The lowest BCUT2D eigenvalue weighted by atomic mass is 10.1. The summed E-state index contributed by atoms with van der Waals surface area (Å²) in [6.45, 7) is 2.95. The summed E-state index contributed by atoms with van der Waals surface area (Å²) in [6.07, 6.45) is 4.90. The third kappa shape index (κ3) is 5.84. The number of carbonyl (C=O) groups excluding carboxylic acids is 2. The van der Waals surface area contributed by atoms with Gasteiger partial charge in [0.1, 0.15) is 5.82 Å². The lowest BCUT2D eigenvalue weighted by Gasteiger charge is -2.26. The van der Waals surface area contributed by atoms with Gasteiger partial charge in [-0.1, -0.05) is 25.8 Å². The SMILES string of the molecule is CCCN(Cc1cc(NC(=O)C2CCCC2)ccc1N(C)C)C(=O)c1cccc(F)c1. The highest BCUT2D eigenvalue weighted by Crippen LogP contribution is 2.28. The van der Waals surface area contributed by atoms with Crippen LogP contribution >= 0.6 is 0 Å². The van der Waals surface area contributed by atoms with Crippen molar-refractivity contribution >= 4 is 23.2 Å². The summed E-state index contributed by atoms with van der Waals surface area (Å²) in [6, 6.07) is 11.6. The quantitative estimate of drug-likeness (QED) is 0.642. The molecule has 1 aliphatic rings. The number of amides is 2. The predicted octanol–water partition coefficient (Wildman–Crippen LogP) is 5.07. The van der Waals surface area contributed by atoms with E-state index >= 15 is 0 Å². The second-order valence-electron chi connectivity index (χ2n) is 8.45. The Labute approximate surface area is 184 Å². The molecule has 5 nitrogen and oxygen atoms in total. The average Bonchev–Trinajstić information content (AvgIpc) is 3.28. The molecule has 1 fully saturated rings. The Morgan fingerprint density at radius 3 is 2.48 bits per heavy atom. The molecule has 166 valence electrons. The van der Waals surface area contributed by atoms with E-state index in [9.17, 15) is 14.0 Å². The van der Waals surface area contributed by atoms with E-state index in [4.69, 9.17) is 0 Å². The molecule has 2 aromatic rings. The van der Waals surface area contributed by atoms with Crippen LogP contribution in [0.3, 0.4) is 0 Å². The zero-order chi connectivity index (χ0) is 22.4. The molecule has 1 N–H and O–H groups in total. The Morgan fingerprint density at radius 2 is 1.84 bits per heavy atom. The van der Waals surface area contributed by atoms with Crippen LogP contribution in [-0.2, 0) is 11.3 Å². The monoisotopic (exact) mass is 425 g/mol. The summed E-state index contributed by atoms with van der Waals surface area (Å²) in [7, 11) is 3.91. The highest BCUT2D eigenvalue weighted by molar-refractivity contribution is 5.95. The first-order valence-corrected chi connectivity index (χ1v) is 11.0. The van der Waals surface area contributed by atoms with Gasteiger partial charge in [-0.2, -0.15) is 0 Å². The topological polar surface area (TPSA) is 52.7 Å². The van der Waals surface area contributed by atoms with Crippen molar-refractivity contribution in [2.45, 2.75) is 45.6 Å². The summed E-state index contributed by atoms with van der Waals surface area (Å²) in [5.74, 6) is -0.468. The van der Waals surface area contributed by atoms with Crippen molar-refractivity contribution in [3.63, 3.8) is 0 Å². The fourth-order valence-electron chi connectivity index (χ4n) is 4.19. The van der Waals surface area contributed by atoms with Gasteiger partial charge in [-0.05, 0) is 61.2 Å². The second kappa shape index (κ2) is 10.4. The molecule has 0 saturated heterocycles. The Balaban J connectivity index is 1.84. The van der Waals surface area contributed by atoms with E-state index in [0.717, 1.165) is 49.0 Å². The highest BCUT2D eigenvalue weighted by atomic mass is 19.1. The van der Waals surface area contributed by atoms with Gasteiger partial charge >= 0.3 is 0 Å². The summed E-state index contributed by atoms with van der Waals surface area (Å²) in [5, 5.41) is 3.05. The molecule has 0 bridgehead atoms. The molecule has 0 heterocycles. The van der Waals surface area contributed by atoms with E-state index in [1.807, 2.05) is 44.1 Å². The molecule has 6 heteroatoms. The number of halogens is 1. The van der Waals surface area contributed by atoms with E-state index in [2.05, 4.69) is 5.32 Å². The van der Waals surface area contributed by atoms with Crippen LogP contribution < -0.4 is 10.2 Å². The van der Waals surface area contributed by atoms with Gasteiger partial charge in [-0.3, -0.25) is 9.59 Å². The maximum Gasteiger partial charge on any atom is 0.254 e. The Kier molecular flexibility index (Phi) is 7.66. The number of nitrogens with one attached hydrogen (secondary N) is 1. The van der Waals surface area contributed by atoms with Gasteiger partial charge in [0.15, 0.2) is 0 Å². The third-order valence-electron chi connectivity index (χ3n) is 5.77. The molecule has 0 unspecified atom stereocenters. The average molecular weight is 426 g/mol. The molecule has 0 atom stereocenters. The van der Waals surface area contributed by atoms with Crippen LogP contribution in [-0.4, -0.2) is 37.4 Å². The fraction of sp³-hybridized carbons (Fsp3) is 0.440. The number of carbonyl (C=O) groups is 2. The smallest absolute Gasteiger partial charge is 0.254 e. The van der Waals surface area contributed by atoms with Crippen LogP contribution in [0.15, 0.2) is 42.5 Å². The van der Waals surface area contributed by atoms with Crippen LogP contribution in [0.5, 0.6) is 0 Å².